The van der Waals surface area contributed by atoms with Gasteiger partial charge in [-0.3, -0.25) is 5.73 Å². The van der Waals surface area contributed by atoms with Crippen molar-refractivity contribution in [1.29, 1.82) is 0 Å². The standard InChI is InChI=1S/C12H15F2NO2/c13-10-4-2-1-3-9(10)12(14,15)5-8-6-17-7-11(8)16/h1-4,8,11,16H,5-7,15H2/t8-,11+,12?/m0/s1. The van der Waals surface area contributed by atoms with Crippen LogP contribution in [0.2, 0.25) is 0 Å². The molecule has 3 nitrogen and oxygen atoms in total. The van der Waals surface area contributed by atoms with E-state index in [1.807, 2.05) is 0 Å². The minimum atomic E-state index is -2.29. The van der Waals surface area contributed by atoms with Crippen molar-refractivity contribution in [3.05, 3.63) is 35.6 Å². The summed E-state index contributed by atoms with van der Waals surface area (Å²) in [6.45, 7) is 0.427. The average Bonchev–Trinajstić information content (AvgIpc) is 2.64. The first-order chi connectivity index (χ1) is 8.00. The number of aliphatic hydroxyl groups excluding tert-OH is 1. The second-order valence-corrected chi connectivity index (χ2v) is 4.41. The van der Waals surface area contributed by atoms with Gasteiger partial charge in [-0.2, -0.15) is 0 Å². The topological polar surface area (TPSA) is 55.5 Å². The van der Waals surface area contributed by atoms with Crippen LogP contribution in [0.3, 0.4) is 0 Å². The van der Waals surface area contributed by atoms with E-state index in [1.54, 1.807) is 0 Å². The molecule has 0 spiro atoms. The number of benzene rings is 1. The molecular weight excluding hydrogens is 228 g/mol. The van der Waals surface area contributed by atoms with Gasteiger partial charge in [0.2, 0.25) is 0 Å². The summed E-state index contributed by atoms with van der Waals surface area (Å²) in [6, 6.07) is 5.49. The van der Waals surface area contributed by atoms with E-state index in [-0.39, 0.29) is 25.2 Å². The van der Waals surface area contributed by atoms with Crippen LogP contribution in [-0.2, 0) is 10.5 Å². The number of nitrogens with two attached hydrogens (primary N) is 1. The molecule has 17 heavy (non-hydrogen) atoms. The number of halogens is 2. The van der Waals surface area contributed by atoms with Crippen molar-refractivity contribution >= 4 is 0 Å². The minimum Gasteiger partial charge on any atom is -0.390 e. The third kappa shape index (κ3) is 2.62. The summed E-state index contributed by atoms with van der Waals surface area (Å²) in [5.41, 5.74) is 5.33. The molecular formula is C12H15F2NO2. The zero-order valence-electron chi connectivity index (χ0n) is 9.27. The molecule has 2 rings (SSSR count). The Balaban J connectivity index is 2.16. The molecule has 1 saturated heterocycles. The van der Waals surface area contributed by atoms with Crippen molar-refractivity contribution in [2.75, 3.05) is 13.2 Å². The molecule has 0 radical (unpaired) electrons. The Bertz CT molecular complexity index is 398. The first-order valence-corrected chi connectivity index (χ1v) is 5.49. The van der Waals surface area contributed by atoms with Crippen LogP contribution < -0.4 is 5.73 Å². The van der Waals surface area contributed by atoms with Gasteiger partial charge in [-0.05, 0) is 6.07 Å². The van der Waals surface area contributed by atoms with Gasteiger partial charge in [0.15, 0.2) is 5.79 Å². The maximum atomic E-state index is 14.3. The lowest BCUT2D eigenvalue weighted by atomic mass is 9.91. The third-order valence-corrected chi connectivity index (χ3v) is 3.05. The van der Waals surface area contributed by atoms with Crippen molar-refractivity contribution in [2.24, 2.45) is 11.7 Å². The molecule has 1 unspecified atom stereocenters. The molecule has 5 heteroatoms. The minimum absolute atomic E-state index is 0.158. The van der Waals surface area contributed by atoms with Crippen molar-refractivity contribution < 1.29 is 18.6 Å². The van der Waals surface area contributed by atoms with Gasteiger partial charge in [0.25, 0.3) is 0 Å². The van der Waals surface area contributed by atoms with Crippen LogP contribution >= 0.6 is 0 Å². The second-order valence-electron chi connectivity index (χ2n) is 4.41. The summed E-state index contributed by atoms with van der Waals surface area (Å²) >= 11 is 0. The van der Waals surface area contributed by atoms with Crippen LogP contribution in [0, 0.1) is 11.7 Å². The van der Waals surface area contributed by atoms with E-state index in [2.05, 4.69) is 0 Å². The summed E-state index contributed by atoms with van der Waals surface area (Å²) < 4.78 is 32.7. The van der Waals surface area contributed by atoms with Crippen LogP contribution in [0.15, 0.2) is 24.3 Å². The fourth-order valence-electron chi connectivity index (χ4n) is 2.07. The van der Waals surface area contributed by atoms with Gasteiger partial charge in [0, 0.05) is 17.9 Å². The summed E-state index contributed by atoms with van der Waals surface area (Å²) in [4.78, 5) is 0. The van der Waals surface area contributed by atoms with Gasteiger partial charge < -0.3 is 9.84 Å². The van der Waals surface area contributed by atoms with E-state index < -0.39 is 23.6 Å². The Morgan fingerprint density at radius 3 is 2.71 bits per heavy atom. The predicted octanol–water partition coefficient (Wildman–Crippen LogP) is 1.30. The Labute approximate surface area is 98.2 Å². The maximum Gasteiger partial charge on any atom is 0.188 e. The fraction of sp³-hybridized carbons (Fsp3) is 0.500. The summed E-state index contributed by atoms with van der Waals surface area (Å²) in [6.07, 6.45) is -0.893. The normalized spacial score (nSPS) is 28.0. The summed E-state index contributed by atoms with van der Waals surface area (Å²) in [7, 11) is 0. The monoisotopic (exact) mass is 243 g/mol. The smallest absolute Gasteiger partial charge is 0.188 e. The molecule has 1 fully saturated rings. The van der Waals surface area contributed by atoms with E-state index in [9.17, 15) is 13.9 Å². The maximum absolute atomic E-state index is 14.3. The van der Waals surface area contributed by atoms with Gasteiger partial charge in [-0.25, -0.2) is 8.78 Å². The molecule has 1 aromatic carbocycles. The highest BCUT2D eigenvalue weighted by Gasteiger charge is 2.37. The Hall–Kier alpha value is -1.04. The van der Waals surface area contributed by atoms with Crippen LogP contribution in [0.25, 0.3) is 0 Å². The quantitative estimate of drug-likeness (QED) is 0.787. The van der Waals surface area contributed by atoms with Gasteiger partial charge in [-0.15, -0.1) is 0 Å². The van der Waals surface area contributed by atoms with Gasteiger partial charge in [0.05, 0.1) is 19.3 Å². The lowest BCUT2D eigenvalue weighted by molar-refractivity contribution is 0.0735. The fourth-order valence-corrected chi connectivity index (χ4v) is 2.07. The number of aliphatic hydroxyl groups is 1. The number of hydrogen-bond donors (Lipinski definition) is 2. The lowest BCUT2D eigenvalue weighted by Gasteiger charge is -2.25. The molecule has 94 valence electrons. The molecule has 0 amide bonds. The molecule has 0 bridgehead atoms. The van der Waals surface area contributed by atoms with Gasteiger partial charge in [0.1, 0.15) is 5.82 Å². The number of ether oxygens (including phenoxy) is 1. The second kappa shape index (κ2) is 4.68. The van der Waals surface area contributed by atoms with Crippen molar-refractivity contribution in [1.82, 2.24) is 0 Å². The molecule has 0 saturated carbocycles. The Morgan fingerprint density at radius 1 is 1.41 bits per heavy atom. The Kier molecular flexibility index (Phi) is 3.42. The molecule has 1 aliphatic rings. The summed E-state index contributed by atoms with van der Waals surface area (Å²) in [5, 5.41) is 9.53. The molecule has 1 aromatic rings. The first kappa shape index (κ1) is 12.4. The first-order valence-electron chi connectivity index (χ1n) is 5.49. The van der Waals surface area contributed by atoms with Crippen molar-refractivity contribution in [2.45, 2.75) is 18.3 Å². The summed E-state index contributed by atoms with van der Waals surface area (Å²) in [5.74, 6) is -3.36. The van der Waals surface area contributed by atoms with E-state index in [1.165, 1.54) is 18.2 Å². The molecule has 3 N–H and O–H groups in total. The molecule has 0 aromatic heterocycles. The largest absolute Gasteiger partial charge is 0.390 e. The lowest BCUT2D eigenvalue weighted by Crippen LogP contribution is -2.37. The number of alkyl halides is 1. The number of rotatable bonds is 3. The van der Waals surface area contributed by atoms with E-state index in [0.717, 1.165) is 6.07 Å². The van der Waals surface area contributed by atoms with Crippen LogP contribution in [0.1, 0.15) is 12.0 Å². The van der Waals surface area contributed by atoms with E-state index in [0.29, 0.717) is 0 Å². The number of hydrogen-bond acceptors (Lipinski definition) is 3. The molecule has 1 aliphatic heterocycles. The van der Waals surface area contributed by atoms with Crippen LogP contribution in [0.4, 0.5) is 8.78 Å². The molecule has 3 atom stereocenters. The SMILES string of the molecule is NC(F)(C[C@H]1COC[C@H]1O)c1ccccc1F. The zero-order chi connectivity index (χ0) is 12.5. The van der Waals surface area contributed by atoms with E-state index >= 15 is 0 Å². The Morgan fingerprint density at radius 2 is 2.12 bits per heavy atom. The highest BCUT2D eigenvalue weighted by Crippen LogP contribution is 2.32. The molecule has 1 heterocycles. The van der Waals surface area contributed by atoms with Crippen LogP contribution in [-0.4, -0.2) is 24.4 Å². The van der Waals surface area contributed by atoms with Gasteiger partial charge >= 0.3 is 0 Å². The zero-order valence-corrected chi connectivity index (χ0v) is 9.27. The van der Waals surface area contributed by atoms with E-state index in [4.69, 9.17) is 10.5 Å². The van der Waals surface area contributed by atoms with Crippen molar-refractivity contribution in [3.8, 4) is 0 Å². The average molecular weight is 243 g/mol. The highest BCUT2D eigenvalue weighted by atomic mass is 19.2. The highest BCUT2D eigenvalue weighted by molar-refractivity contribution is 5.23. The van der Waals surface area contributed by atoms with Gasteiger partial charge in [-0.1, -0.05) is 18.2 Å². The predicted molar refractivity (Wildman–Crippen MR) is 58.3 cm³/mol. The van der Waals surface area contributed by atoms with Crippen molar-refractivity contribution in [3.63, 3.8) is 0 Å². The third-order valence-electron chi connectivity index (χ3n) is 3.05. The molecule has 0 aliphatic carbocycles. The van der Waals surface area contributed by atoms with Crippen LogP contribution in [0.5, 0.6) is 0 Å².